The van der Waals surface area contributed by atoms with Crippen LogP contribution in [0.4, 0.5) is 5.69 Å². The Hall–Kier alpha value is -2.57. The van der Waals surface area contributed by atoms with Crippen molar-refractivity contribution in [2.24, 2.45) is 0 Å². The highest BCUT2D eigenvalue weighted by Crippen LogP contribution is 2.29. The molecule has 1 aliphatic rings. The molecule has 1 heterocycles. The van der Waals surface area contributed by atoms with Crippen molar-refractivity contribution in [2.45, 2.75) is 13.0 Å². The second kappa shape index (κ2) is 7.76. The number of thiocarbonyl (C=S) groups is 1. The molecule has 0 aliphatic carbocycles. The van der Waals surface area contributed by atoms with Crippen LogP contribution in [-0.2, 0) is 4.79 Å². The number of halogens is 1. The summed E-state index contributed by atoms with van der Waals surface area (Å²) >= 11 is 11.2. The van der Waals surface area contributed by atoms with E-state index in [1.807, 2.05) is 31.2 Å². The van der Waals surface area contributed by atoms with Gasteiger partial charge in [0.2, 0.25) is 0 Å². The zero-order valence-corrected chi connectivity index (χ0v) is 15.9. The average molecular weight is 388 g/mol. The Morgan fingerprint density at radius 3 is 2.42 bits per heavy atom. The van der Waals surface area contributed by atoms with Gasteiger partial charge in [-0.1, -0.05) is 23.7 Å². The van der Waals surface area contributed by atoms with Crippen molar-refractivity contribution in [3.8, 4) is 5.75 Å². The smallest absolute Gasteiger partial charge is 0.255 e. The summed E-state index contributed by atoms with van der Waals surface area (Å²) in [6, 6.07) is 14.1. The van der Waals surface area contributed by atoms with E-state index in [0.29, 0.717) is 27.1 Å². The van der Waals surface area contributed by atoms with E-state index in [-0.39, 0.29) is 11.9 Å². The van der Waals surface area contributed by atoms with E-state index in [0.717, 1.165) is 11.3 Å². The number of rotatable bonds is 4. The van der Waals surface area contributed by atoms with Crippen LogP contribution >= 0.6 is 23.8 Å². The van der Waals surface area contributed by atoms with Crippen LogP contribution in [0.2, 0.25) is 5.02 Å². The van der Waals surface area contributed by atoms with Crippen molar-refractivity contribution in [3.63, 3.8) is 0 Å². The lowest BCUT2D eigenvalue weighted by molar-refractivity contribution is -0.113. The molecule has 0 aromatic heterocycles. The summed E-state index contributed by atoms with van der Waals surface area (Å²) in [5.41, 5.74) is 2.86. The Balaban J connectivity index is 1.91. The standard InChI is InChI=1S/C19H18ClN3O2S/c1-11-16(18(24)22-14-7-5-13(20)6-8-14)17(23-19(26)21-11)12-3-9-15(25-2)10-4-12/h3-10,17H,1-2H3,(H,22,24)(H2,21,23,26)/t17-/m1/s1. The number of methoxy groups -OCH3 is 1. The quantitative estimate of drug-likeness (QED) is 0.697. The Kier molecular flexibility index (Phi) is 5.44. The highest BCUT2D eigenvalue weighted by atomic mass is 35.5. The summed E-state index contributed by atoms with van der Waals surface area (Å²) < 4.78 is 5.20. The van der Waals surface area contributed by atoms with Crippen LogP contribution in [0.1, 0.15) is 18.5 Å². The fourth-order valence-electron chi connectivity index (χ4n) is 2.77. The number of hydrogen-bond acceptors (Lipinski definition) is 3. The molecule has 3 N–H and O–H groups in total. The Morgan fingerprint density at radius 1 is 1.15 bits per heavy atom. The van der Waals surface area contributed by atoms with Gasteiger partial charge in [0.15, 0.2) is 5.11 Å². The van der Waals surface area contributed by atoms with Crippen LogP contribution in [0, 0.1) is 0 Å². The van der Waals surface area contributed by atoms with Crippen molar-refractivity contribution in [2.75, 3.05) is 12.4 Å². The number of ether oxygens (including phenoxy) is 1. The molecule has 0 unspecified atom stereocenters. The number of anilines is 1. The highest BCUT2D eigenvalue weighted by molar-refractivity contribution is 7.80. The van der Waals surface area contributed by atoms with E-state index in [4.69, 9.17) is 28.6 Å². The van der Waals surface area contributed by atoms with Crippen LogP contribution in [-0.4, -0.2) is 18.1 Å². The van der Waals surface area contributed by atoms with Gasteiger partial charge in [0, 0.05) is 16.4 Å². The Labute approximate surface area is 162 Å². The van der Waals surface area contributed by atoms with Crippen LogP contribution in [0.5, 0.6) is 5.75 Å². The number of nitrogens with one attached hydrogen (secondary N) is 3. The number of carbonyl (C=O) groups is 1. The van der Waals surface area contributed by atoms with Gasteiger partial charge in [-0.05, 0) is 61.1 Å². The number of carbonyl (C=O) groups excluding carboxylic acids is 1. The first-order valence-corrected chi connectivity index (χ1v) is 8.75. The molecule has 1 atom stereocenters. The monoisotopic (exact) mass is 387 g/mol. The predicted molar refractivity (Wildman–Crippen MR) is 107 cm³/mol. The molecule has 2 aromatic carbocycles. The summed E-state index contributed by atoms with van der Waals surface area (Å²) in [4.78, 5) is 12.9. The average Bonchev–Trinajstić information content (AvgIpc) is 2.63. The molecule has 0 radical (unpaired) electrons. The van der Waals surface area contributed by atoms with Gasteiger partial charge in [-0.3, -0.25) is 4.79 Å². The molecule has 26 heavy (non-hydrogen) atoms. The van der Waals surface area contributed by atoms with Gasteiger partial charge in [-0.2, -0.15) is 0 Å². The van der Waals surface area contributed by atoms with Gasteiger partial charge in [0.25, 0.3) is 5.91 Å². The third kappa shape index (κ3) is 3.98. The maximum Gasteiger partial charge on any atom is 0.255 e. The largest absolute Gasteiger partial charge is 0.497 e. The lowest BCUT2D eigenvalue weighted by Crippen LogP contribution is -2.45. The van der Waals surface area contributed by atoms with E-state index in [1.165, 1.54) is 0 Å². The summed E-state index contributed by atoms with van der Waals surface area (Å²) in [5, 5.41) is 10.2. The topological polar surface area (TPSA) is 62.4 Å². The molecule has 3 rings (SSSR count). The number of allylic oxidation sites excluding steroid dienone is 1. The molecule has 2 aromatic rings. The first-order chi connectivity index (χ1) is 12.5. The van der Waals surface area contributed by atoms with Gasteiger partial charge in [-0.25, -0.2) is 0 Å². The molecule has 7 heteroatoms. The summed E-state index contributed by atoms with van der Waals surface area (Å²) in [6.45, 7) is 1.83. The molecular formula is C19H18ClN3O2S. The molecule has 5 nitrogen and oxygen atoms in total. The summed E-state index contributed by atoms with van der Waals surface area (Å²) in [6.07, 6.45) is 0. The molecule has 0 saturated carbocycles. The SMILES string of the molecule is COc1ccc([C@H]2NC(=S)NC(C)=C2C(=O)Nc2ccc(Cl)cc2)cc1. The first-order valence-electron chi connectivity index (χ1n) is 7.97. The van der Waals surface area contributed by atoms with E-state index in [9.17, 15) is 4.79 Å². The van der Waals surface area contributed by atoms with Crippen molar-refractivity contribution < 1.29 is 9.53 Å². The maximum absolute atomic E-state index is 12.9. The fraction of sp³-hybridized carbons (Fsp3) is 0.158. The molecule has 1 amide bonds. The van der Waals surface area contributed by atoms with Gasteiger partial charge >= 0.3 is 0 Å². The number of benzene rings is 2. The van der Waals surface area contributed by atoms with Crippen LogP contribution < -0.4 is 20.7 Å². The normalized spacial score (nSPS) is 16.6. The van der Waals surface area contributed by atoms with Crippen LogP contribution in [0.15, 0.2) is 59.8 Å². The molecule has 1 aliphatic heterocycles. The summed E-state index contributed by atoms with van der Waals surface area (Å²) in [5.74, 6) is 0.534. The molecule has 0 spiro atoms. The van der Waals surface area contributed by atoms with Gasteiger partial charge in [0.1, 0.15) is 5.75 Å². The second-order valence-corrected chi connectivity index (χ2v) is 6.65. The minimum Gasteiger partial charge on any atom is -0.497 e. The lowest BCUT2D eigenvalue weighted by atomic mass is 9.95. The van der Waals surface area contributed by atoms with Gasteiger partial charge < -0.3 is 20.7 Å². The Morgan fingerprint density at radius 2 is 1.81 bits per heavy atom. The van der Waals surface area contributed by atoms with Gasteiger partial charge in [0.05, 0.1) is 18.7 Å². The minimum atomic E-state index is -0.359. The van der Waals surface area contributed by atoms with E-state index >= 15 is 0 Å². The van der Waals surface area contributed by atoms with E-state index < -0.39 is 0 Å². The third-order valence-electron chi connectivity index (χ3n) is 4.06. The van der Waals surface area contributed by atoms with Crippen molar-refractivity contribution in [1.29, 1.82) is 0 Å². The fourth-order valence-corrected chi connectivity index (χ4v) is 3.17. The van der Waals surface area contributed by atoms with E-state index in [1.54, 1.807) is 31.4 Å². The lowest BCUT2D eigenvalue weighted by Gasteiger charge is -2.30. The van der Waals surface area contributed by atoms with E-state index in [2.05, 4.69) is 16.0 Å². The maximum atomic E-state index is 12.9. The van der Waals surface area contributed by atoms with Crippen LogP contribution in [0.25, 0.3) is 0 Å². The van der Waals surface area contributed by atoms with Crippen molar-refractivity contribution in [3.05, 3.63) is 70.4 Å². The third-order valence-corrected chi connectivity index (χ3v) is 4.54. The van der Waals surface area contributed by atoms with Crippen molar-refractivity contribution >= 4 is 40.5 Å². The minimum absolute atomic E-state index is 0.215. The number of hydrogen-bond donors (Lipinski definition) is 3. The number of amides is 1. The molecule has 134 valence electrons. The molecule has 0 saturated heterocycles. The summed E-state index contributed by atoms with van der Waals surface area (Å²) in [7, 11) is 1.61. The molecular weight excluding hydrogens is 370 g/mol. The van der Waals surface area contributed by atoms with Crippen molar-refractivity contribution in [1.82, 2.24) is 10.6 Å². The first kappa shape index (κ1) is 18.2. The predicted octanol–water partition coefficient (Wildman–Crippen LogP) is 3.78. The highest BCUT2D eigenvalue weighted by Gasteiger charge is 2.29. The second-order valence-electron chi connectivity index (χ2n) is 5.80. The zero-order chi connectivity index (χ0) is 18.7. The van der Waals surface area contributed by atoms with Gasteiger partial charge in [-0.15, -0.1) is 0 Å². The Bertz CT molecular complexity index is 863. The molecule has 0 bridgehead atoms. The zero-order valence-electron chi connectivity index (χ0n) is 14.3. The molecule has 0 fully saturated rings. The van der Waals surface area contributed by atoms with Crippen LogP contribution in [0.3, 0.4) is 0 Å².